The fraction of sp³-hybridized carbons (Fsp3) is 1.00. The molecule has 0 radical (unpaired) electrons. The highest BCUT2D eigenvalue weighted by Gasteiger charge is 2.23. The Hall–Kier alpha value is 0.467. The number of halogens is 1. The molecule has 0 heterocycles. The third-order valence-electron chi connectivity index (χ3n) is 0.672. The van der Waals surface area contributed by atoms with E-state index in [0.717, 1.165) is 0 Å². The molecule has 0 aromatic carbocycles. The van der Waals surface area contributed by atoms with Gasteiger partial charge in [-0.25, -0.2) is 0 Å². The smallest absolute Gasteiger partial charge is 0.220 e. The molecule has 9 heavy (non-hydrogen) atoms. The second-order valence-electron chi connectivity index (χ2n) is 3.85. The van der Waals surface area contributed by atoms with Crippen molar-refractivity contribution in [1.29, 1.82) is 0 Å². The van der Waals surface area contributed by atoms with Crippen LogP contribution in [0.5, 0.6) is 0 Å². The lowest BCUT2D eigenvalue weighted by molar-refractivity contribution is 0.517. The van der Waals surface area contributed by atoms with Crippen LogP contribution >= 0.6 is 11.1 Å². The molecule has 0 rings (SSSR count). The molecule has 0 amide bonds. The lowest BCUT2D eigenvalue weighted by atomic mass is 10.1. The van der Waals surface area contributed by atoms with Crippen molar-refractivity contribution >= 4 is 18.6 Å². The van der Waals surface area contributed by atoms with Gasteiger partial charge in [0, 0.05) is 5.54 Å². The van der Waals surface area contributed by atoms with E-state index in [-0.39, 0.29) is 5.54 Å². The van der Waals surface area contributed by atoms with E-state index in [1.165, 1.54) is 0 Å². The van der Waals surface area contributed by atoms with Gasteiger partial charge in [-0.2, -0.15) is 0 Å². The van der Waals surface area contributed by atoms with Gasteiger partial charge in [-0.1, -0.05) is 0 Å². The summed E-state index contributed by atoms with van der Waals surface area (Å²) < 4.78 is 0. The molecule has 0 unspecified atom stereocenters. The minimum atomic E-state index is -1.57. The van der Waals surface area contributed by atoms with Gasteiger partial charge in [0.05, 0.1) is 0 Å². The maximum atomic E-state index is 6.05. The third kappa shape index (κ3) is 8.47. The minimum absolute atomic E-state index is 0.164. The lowest BCUT2D eigenvalue weighted by Crippen LogP contribution is -2.50. The summed E-state index contributed by atoms with van der Waals surface area (Å²) in [6.07, 6.45) is 0. The van der Waals surface area contributed by atoms with Crippen LogP contribution in [0, 0.1) is 0 Å². The van der Waals surface area contributed by atoms with Gasteiger partial charge in [0.15, 0.2) is 0 Å². The monoisotopic (exact) mass is 165 g/mol. The Balaban J connectivity index is 3.75. The Labute approximate surface area is 63.6 Å². The van der Waals surface area contributed by atoms with Gasteiger partial charge in [0.1, 0.15) is 0 Å². The maximum absolute atomic E-state index is 6.05. The van der Waals surface area contributed by atoms with E-state index < -0.39 is 7.55 Å². The van der Waals surface area contributed by atoms with E-state index in [1.54, 1.807) is 0 Å². The standard InChI is InChI=1S/C6H16ClNSi/c1-6(2,3)8-9(4,5)7/h8H,1-5H3. The topological polar surface area (TPSA) is 12.0 Å². The minimum Gasteiger partial charge on any atom is -0.321 e. The predicted molar refractivity (Wildman–Crippen MR) is 46.2 cm³/mol. The van der Waals surface area contributed by atoms with E-state index in [0.29, 0.717) is 0 Å². The molecule has 0 saturated carbocycles. The Morgan fingerprint density at radius 2 is 1.56 bits per heavy atom. The molecular formula is C6H16ClNSi. The molecule has 1 nitrogen and oxygen atoms in total. The Bertz CT molecular complexity index is 78.2. The highest BCUT2D eigenvalue weighted by Crippen LogP contribution is 2.09. The SMILES string of the molecule is CC(C)(C)N[Si](C)(C)Cl. The summed E-state index contributed by atoms with van der Waals surface area (Å²) in [6, 6.07) is 0. The number of rotatable bonds is 1. The van der Waals surface area contributed by atoms with Crippen molar-refractivity contribution in [1.82, 2.24) is 4.98 Å². The molecule has 0 aliphatic rings. The Morgan fingerprint density at radius 3 is 1.56 bits per heavy atom. The maximum Gasteiger partial charge on any atom is 0.220 e. The van der Waals surface area contributed by atoms with Gasteiger partial charge < -0.3 is 4.98 Å². The summed E-state index contributed by atoms with van der Waals surface area (Å²) in [5.41, 5.74) is 0.164. The van der Waals surface area contributed by atoms with Crippen LogP contribution in [0.1, 0.15) is 20.8 Å². The molecule has 0 aromatic heterocycles. The molecule has 0 fully saturated rings. The Kier molecular flexibility index (Phi) is 2.74. The molecule has 0 aliphatic heterocycles. The first-order valence-corrected chi connectivity index (χ1v) is 7.20. The van der Waals surface area contributed by atoms with E-state index >= 15 is 0 Å². The van der Waals surface area contributed by atoms with Crippen molar-refractivity contribution < 1.29 is 0 Å². The van der Waals surface area contributed by atoms with E-state index in [9.17, 15) is 0 Å². The van der Waals surface area contributed by atoms with Crippen LogP contribution < -0.4 is 4.98 Å². The number of nitrogens with one attached hydrogen (secondary N) is 1. The first kappa shape index (κ1) is 9.47. The van der Waals surface area contributed by atoms with Crippen molar-refractivity contribution in [2.45, 2.75) is 39.4 Å². The summed E-state index contributed by atoms with van der Waals surface area (Å²) in [4.78, 5) is 3.36. The molecule has 0 aliphatic carbocycles. The molecule has 0 aromatic rings. The second-order valence-corrected chi connectivity index (χ2v) is 9.88. The average molecular weight is 166 g/mol. The molecule has 0 atom stereocenters. The molecule has 56 valence electrons. The molecule has 1 N–H and O–H groups in total. The Morgan fingerprint density at radius 1 is 1.22 bits per heavy atom. The van der Waals surface area contributed by atoms with Crippen molar-refractivity contribution in [3.63, 3.8) is 0 Å². The van der Waals surface area contributed by atoms with Gasteiger partial charge >= 0.3 is 0 Å². The zero-order valence-electron chi connectivity index (χ0n) is 6.88. The second kappa shape index (κ2) is 2.60. The average Bonchev–Trinajstić information content (AvgIpc) is 1.14. The normalized spacial score (nSPS) is 14.0. The lowest BCUT2D eigenvalue weighted by Gasteiger charge is -2.27. The van der Waals surface area contributed by atoms with E-state index in [4.69, 9.17) is 11.1 Å². The third-order valence-corrected chi connectivity index (χ3v) is 2.30. The first-order valence-electron chi connectivity index (χ1n) is 3.19. The fourth-order valence-corrected chi connectivity index (χ4v) is 3.53. The molecule has 0 spiro atoms. The summed E-state index contributed by atoms with van der Waals surface area (Å²) in [7, 11) is -1.57. The van der Waals surface area contributed by atoms with Crippen LogP contribution in [0.4, 0.5) is 0 Å². The molecule has 3 heteroatoms. The van der Waals surface area contributed by atoms with Crippen molar-refractivity contribution in [3.8, 4) is 0 Å². The predicted octanol–water partition coefficient (Wildman–Crippen LogP) is 2.32. The highest BCUT2D eigenvalue weighted by molar-refractivity contribution is 7.17. The van der Waals surface area contributed by atoms with E-state index in [2.05, 4.69) is 38.8 Å². The van der Waals surface area contributed by atoms with Crippen molar-refractivity contribution in [2.24, 2.45) is 0 Å². The molecule has 0 saturated heterocycles. The summed E-state index contributed by atoms with van der Waals surface area (Å²) >= 11 is 6.05. The van der Waals surface area contributed by atoms with E-state index in [1.807, 2.05) is 0 Å². The zero-order chi connectivity index (χ0) is 7.71. The van der Waals surface area contributed by atoms with Crippen molar-refractivity contribution in [3.05, 3.63) is 0 Å². The van der Waals surface area contributed by atoms with Crippen LogP contribution in [0.25, 0.3) is 0 Å². The van der Waals surface area contributed by atoms with Crippen LogP contribution in [-0.4, -0.2) is 13.1 Å². The van der Waals surface area contributed by atoms with Gasteiger partial charge in [0.2, 0.25) is 7.55 Å². The largest absolute Gasteiger partial charge is 0.321 e. The van der Waals surface area contributed by atoms with Crippen LogP contribution in [-0.2, 0) is 0 Å². The van der Waals surface area contributed by atoms with Crippen LogP contribution in [0.2, 0.25) is 13.1 Å². The van der Waals surface area contributed by atoms with Gasteiger partial charge in [-0.05, 0) is 33.9 Å². The highest BCUT2D eigenvalue weighted by atomic mass is 35.6. The zero-order valence-corrected chi connectivity index (χ0v) is 8.63. The fourth-order valence-electron chi connectivity index (χ4n) is 0.892. The van der Waals surface area contributed by atoms with Gasteiger partial charge in [0.25, 0.3) is 0 Å². The van der Waals surface area contributed by atoms with Crippen LogP contribution in [0.3, 0.4) is 0 Å². The molecule has 0 bridgehead atoms. The summed E-state index contributed by atoms with van der Waals surface area (Å²) in [5.74, 6) is 0. The van der Waals surface area contributed by atoms with Gasteiger partial charge in [-0.15, -0.1) is 11.1 Å². The number of hydrogen-bond donors (Lipinski definition) is 1. The first-order chi connectivity index (χ1) is 3.71. The van der Waals surface area contributed by atoms with Crippen LogP contribution in [0.15, 0.2) is 0 Å². The summed E-state index contributed by atoms with van der Waals surface area (Å²) in [6.45, 7) is 10.6. The summed E-state index contributed by atoms with van der Waals surface area (Å²) in [5, 5.41) is 0. The quantitative estimate of drug-likeness (QED) is 0.465. The number of hydrogen-bond acceptors (Lipinski definition) is 1. The van der Waals surface area contributed by atoms with Gasteiger partial charge in [-0.3, -0.25) is 0 Å². The van der Waals surface area contributed by atoms with Crippen molar-refractivity contribution in [2.75, 3.05) is 0 Å². The molecular weight excluding hydrogens is 150 g/mol.